The van der Waals surface area contributed by atoms with E-state index < -0.39 is 0 Å². The molecule has 0 unspecified atom stereocenters. The van der Waals surface area contributed by atoms with E-state index in [0.717, 1.165) is 11.3 Å². The molecule has 122 valence electrons. The van der Waals surface area contributed by atoms with Crippen LogP contribution in [0.15, 0.2) is 49.3 Å². The van der Waals surface area contributed by atoms with Crippen molar-refractivity contribution in [1.82, 2.24) is 15.2 Å². The van der Waals surface area contributed by atoms with Crippen LogP contribution in [0.3, 0.4) is 0 Å². The maximum absolute atomic E-state index is 14.5. The van der Waals surface area contributed by atoms with Crippen LogP contribution in [0, 0.1) is 11.2 Å². The molecular weight excluding hydrogens is 303 g/mol. The Morgan fingerprint density at radius 1 is 1.46 bits per heavy atom. The van der Waals surface area contributed by atoms with Crippen LogP contribution in [0.4, 0.5) is 4.39 Å². The third-order valence-corrected chi connectivity index (χ3v) is 4.12. The Bertz CT molecular complexity index is 826. The number of nitrogens with zero attached hydrogens (tertiary/aromatic N) is 2. The van der Waals surface area contributed by atoms with E-state index in [1.54, 1.807) is 19.4 Å². The molecule has 2 aromatic rings. The Morgan fingerprint density at radius 2 is 2.25 bits per heavy atom. The van der Waals surface area contributed by atoms with E-state index in [1.807, 2.05) is 23.1 Å². The molecule has 0 amide bonds. The summed E-state index contributed by atoms with van der Waals surface area (Å²) in [5.74, 6) is -0.375. The number of halogens is 1. The largest absolute Gasteiger partial charge is 0.393 e. The first-order valence-corrected chi connectivity index (χ1v) is 7.69. The molecule has 0 radical (unpaired) electrons. The summed E-state index contributed by atoms with van der Waals surface area (Å²) in [4.78, 5) is 6.28. The molecular formula is C19H19FN4. The van der Waals surface area contributed by atoms with Crippen LogP contribution in [0.2, 0.25) is 0 Å². The number of nitrogens with one attached hydrogen (secondary N) is 2. The smallest absolute Gasteiger partial charge is 0.147 e. The van der Waals surface area contributed by atoms with Crippen LogP contribution in [-0.2, 0) is 13.1 Å². The monoisotopic (exact) mass is 322 g/mol. The first kappa shape index (κ1) is 15.9. The lowest BCUT2D eigenvalue weighted by molar-refractivity contribution is 0.388. The first-order chi connectivity index (χ1) is 11.6. The van der Waals surface area contributed by atoms with Gasteiger partial charge in [0.2, 0.25) is 0 Å². The van der Waals surface area contributed by atoms with Crippen LogP contribution in [0.1, 0.15) is 22.4 Å². The molecule has 0 saturated heterocycles. The van der Waals surface area contributed by atoms with Crippen LogP contribution in [-0.4, -0.2) is 23.1 Å². The molecule has 1 aromatic heterocycles. The molecule has 0 atom stereocenters. The molecule has 0 saturated carbocycles. The van der Waals surface area contributed by atoms with Crippen molar-refractivity contribution in [2.75, 3.05) is 7.05 Å². The van der Waals surface area contributed by atoms with E-state index >= 15 is 0 Å². The molecule has 4 nitrogen and oxygen atoms in total. The predicted octanol–water partition coefficient (Wildman–Crippen LogP) is 3.42. The summed E-state index contributed by atoms with van der Waals surface area (Å²) in [6.45, 7) is 5.20. The number of benzene rings is 1. The van der Waals surface area contributed by atoms with Crippen molar-refractivity contribution in [2.24, 2.45) is 0 Å². The molecule has 0 fully saturated rings. The van der Waals surface area contributed by atoms with Gasteiger partial charge in [-0.2, -0.15) is 0 Å². The molecule has 0 aliphatic carbocycles. The number of hydrogen-bond acceptors (Lipinski definition) is 4. The minimum Gasteiger partial charge on any atom is -0.393 e. The van der Waals surface area contributed by atoms with Crippen molar-refractivity contribution in [3.63, 3.8) is 0 Å². The standard InChI is InChI=1S/C19H19FN4/c1-13-17-6-4-3-5-14(17)11-24(13)12-19-18(20)7-15(10-23-19)16(8-21)9-22-2/h3-10,21-22H,1,11-12H2,2H3/b16-9+,21-8?. The molecule has 0 bridgehead atoms. The fourth-order valence-corrected chi connectivity index (χ4v) is 2.85. The second-order valence-corrected chi connectivity index (χ2v) is 5.65. The molecule has 2 heterocycles. The third-order valence-electron chi connectivity index (χ3n) is 4.12. The average Bonchev–Trinajstić information content (AvgIpc) is 2.91. The zero-order valence-electron chi connectivity index (χ0n) is 13.5. The number of pyridine rings is 1. The van der Waals surface area contributed by atoms with Gasteiger partial charge in [0.15, 0.2) is 0 Å². The fraction of sp³-hybridized carbons (Fsp3) is 0.158. The highest BCUT2D eigenvalue weighted by atomic mass is 19.1. The van der Waals surface area contributed by atoms with Crippen molar-refractivity contribution >= 4 is 17.5 Å². The summed E-state index contributed by atoms with van der Waals surface area (Å²) < 4.78 is 14.5. The molecule has 24 heavy (non-hydrogen) atoms. The van der Waals surface area contributed by atoms with Gasteiger partial charge in [-0.05, 0) is 11.6 Å². The molecule has 3 rings (SSSR count). The SMILES string of the molecule is C=C1c2ccccc2CN1Cc1ncc(/C(C=N)=C/NC)cc1F. The predicted molar refractivity (Wildman–Crippen MR) is 94.7 cm³/mol. The minimum atomic E-state index is -0.375. The summed E-state index contributed by atoms with van der Waals surface area (Å²) in [6, 6.07) is 9.49. The van der Waals surface area contributed by atoms with Crippen molar-refractivity contribution < 1.29 is 4.39 Å². The van der Waals surface area contributed by atoms with Crippen molar-refractivity contribution in [3.8, 4) is 0 Å². The Balaban J connectivity index is 1.81. The van der Waals surface area contributed by atoms with Crippen LogP contribution < -0.4 is 5.32 Å². The summed E-state index contributed by atoms with van der Waals surface area (Å²) in [5.41, 5.74) is 4.73. The van der Waals surface area contributed by atoms with Gasteiger partial charge in [-0.3, -0.25) is 4.98 Å². The molecule has 2 N–H and O–H groups in total. The first-order valence-electron chi connectivity index (χ1n) is 7.69. The maximum Gasteiger partial charge on any atom is 0.147 e. The van der Waals surface area contributed by atoms with Crippen LogP contribution in [0.25, 0.3) is 11.3 Å². The van der Waals surface area contributed by atoms with E-state index in [1.165, 1.54) is 17.8 Å². The quantitative estimate of drug-likeness (QED) is 0.829. The van der Waals surface area contributed by atoms with Gasteiger partial charge in [-0.25, -0.2) is 4.39 Å². The summed E-state index contributed by atoms with van der Waals surface area (Å²) in [6.07, 6.45) is 4.41. The average molecular weight is 322 g/mol. The zero-order chi connectivity index (χ0) is 17.1. The van der Waals surface area contributed by atoms with Gasteiger partial charge in [0, 0.05) is 54.6 Å². The van der Waals surface area contributed by atoms with Crippen LogP contribution in [0.5, 0.6) is 0 Å². The Hall–Kier alpha value is -2.95. The second-order valence-electron chi connectivity index (χ2n) is 5.65. The van der Waals surface area contributed by atoms with Gasteiger partial charge >= 0.3 is 0 Å². The van der Waals surface area contributed by atoms with Gasteiger partial charge in [-0.1, -0.05) is 30.8 Å². The molecule has 1 aliphatic rings. The minimum absolute atomic E-state index is 0.370. The van der Waals surface area contributed by atoms with Crippen molar-refractivity contribution in [3.05, 3.63) is 77.5 Å². The summed E-state index contributed by atoms with van der Waals surface area (Å²) >= 11 is 0. The normalized spacial score (nSPS) is 13.8. The van der Waals surface area contributed by atoms with Crippen molar-refractivity contribution in [1.29, 1.82) is 5.41 Å². The number of hydrogen-bond donors (Lipinski definition) is 2. The van der Waals surface area contributed by atoms with E-state index in [4.69, 9.17) is 5.41 Å². The molecule has 1 aromatic carbocycles. The topological polar surface area (TPSA) is 52.0 Å². The number of aromatic nitrogens is 1. The second kappa shape index (κ2) is 6.66. The number of fused-ring (bicyclic) bond motifs is 1. The fourth-order valence-electron chi connectivity index (χ4n) is 2.85. The number of allylic oxidation sites excluding steroid dienone is 1. The summed E-state index contributed by atoms with van der Waals surface area (Å²) in [7, 11) is 1.73. The van der Waals surface area contributed by atoms with E-state index in [9.17, 15) is 4.39 Å². The molecule has 0 spiro atoms. The Kier molecular flexibility index (Phi) is 4.42. The van der Waals surface area contributed by atoms with Gasteiger partial charge in [0.1, 0.15) is 5.82 Å². The lowest BCUT2D eigenvalue weighted by Gasteiger charge is -2.19. The van der Waals surface area contributed by atoms with E-state index in [2.05, 4.69) is 22.9 Å². The highest BCUT2D eigenvalue weighted by Gasteiger charge is 2.23. The van der Waals surface area contributed by atoms with Gasteiger partial charge in [0.05, 0.1) is 12.2 Å². The van der Waals surface area contributed by atoms with E-state index in [0.29, 0.717) is 29.9 Å². The summed E-state index contributed by atoms with van der Waals surface area (Å²) in [5, 5.41) is 10.2. The van der Waals surface area contributed by atoms with Gasteiger partial charge in [0.25, 0.3) is 0 Å². The lowest BCUT2D eigenvalue weighted by Crippen LogP contribution is -2.16. The lowest BCUT2D eigenvalue weighted by atomic mass is 10.1. The highest BCUT2D eigenvalue weighted by molar-refractivity contribution is 6.07. The van der Waals surface area contributed by atoms with Crippen LogP contribution >= 0.6 is 0 Å². The molecule has 1 aliphatic heterocycles. The Labute approximate surface area is 140 Å². The van der Waals surface area contributed by atoms with Gasteiger partial charge in [-0.15, -0.1) is 0 Å². The van der Waals surface area contributed by atoms with Crippen molar-refractivity contribution in [2.45, 2.75) is 13.1 Å². The number of rotatable bonds is 5. The maximum atomic E-state index is 14.5. The van der Waals surface area contributed by atoms with Gasteiger partial charge < -0.3 is 15.6 Å². The molecule has 5 heteroatoms. The Morgan fingerprint density at radius 3 is 2.92 bits per heavy atom. The highest BCUT2D eigenvalue weighted by Crippen LogP contribution is 2.32. The zero-order valence-corrected chi connectivity index (χ0v) is 13.5. The third kappa shape index (κ3) is 2.93. The van der Waals surface area contributed by atoms with E-state index in [-0.39, 0.29) is 5.82 Å².